The van der Waals surface area contributed by atoms with Gasteiger partial charge in [-0.2, -0.15) is 0 Å². The molecule has 0 saturated carbocycles. The molecule has 0 aliphatic heterocycles. The SMILES string of the molecule is COc1c(OC(C)CC(C)C)nc[nH]c1=O. The van der Waals surface area contributed by atoms with Gasteiger partial charge in [0.15, 0.2) is 0 Å². The van der Waals surface area contributed by atoms with Crippen molar-refractivity contribution in [2.24, 2.45) is 5.92 Å². The summed E-state index contributed by atoms with van der Waals surface area (Å²) < 4.78 is 10.5. The topological polar surface area (TPSA) is 64.2 Å². The van der Waals surface area contributed by atoms with Crippen LogP contribution in [0.15, 0.2) is 11.1 Å². The highest BCUT2D eigenvalue weighted by atomic mass is 16.5. The highest BCUT2D eigenvalue weighted by Crippen LogP contribution is 2.20. The van der Waals surface area contributed by atoms with Crippen LogP contribution in [-0.2, 0) is 0 Å². The molecule has 0 spiro atoms. The van der Waals surface area contributed by atoms with Crippen molar-refractivity contribution in [2.75, 3.05) is 7.11 Å². The van der Waals surface area contributed by atoms with E-state index in [2.05, 4.69) is 23.8 Å². The molecule has 0 saturated heterocycles. The van der Waals surface area contributed by atoms with Crippen LogP contribution in [0.1, 0.15) is 27.2 Å². The zero-order valence-electron chi connectivity index (χ0n) is 10.1. The Balaban J connectivity index is 2.80. The first-order valence-electron chi connectivity index (χ1n) is 5.33. The maximum Gasteiger partial charge on any atom is 0.297 e. The zero-order chi connectivity index (χ0) is 12.1. The minimum Gasteiger partial charge on any atom is -0.487 e. The largest absolute Gasteiger partial charge is 0.487 e. The Morgan fingerprint density at radius 1 is 1.44 bits per heavy atom. The molecule has 1 aromatic heterocycles. The van der Waals surface area contributed by atoms with E-state index in [4.69, 9.17) is 9.47 Å². The number of nitrogens with one attached hydrogen (secondary N) is 1. The third kappa shape index (κ3) is 3.25. The average Bonchev–Trinajstić information content (AvgIpc) is 2.16. The molecule has 1 unspecified atom stereocenters. The van der Waals surface area contributed by atoms with Crippen molar-refractivity contribution in [2.45, 2.75) is 33.3 Å². The number of nitrogens with zero attached hydrogens (tertiary/aromatic N) is 1. The van der Waals surface area contributed by atoms with Gasteiger partial charge in [-0.3, -0.25) is 4.79 Å². The van der Waals surface area contributed by atoms with E-state index in [9.17, 15) is 4.79 Å². The number of ether oxygens (including phenoxy) is 2. The monoisotopic (exact) mass is 226 g/mol. The molecular weight excluding hydrogens is 208 g/mol. The Bertz CT molecular complexity index is 387. The standard InChI is InChI=1S/C11H18N2O3/c1-7(2)5-8(3)16-11-9(15-4)10(14)12-6-13-11/h6-8H,5H2,1-4H3,(H,12,13,14). The second kappa shape index (κ2) is 5.53. The van der Waals surface area contributed by atoms with Gasteiger partial charge in [-0.25, -0.2) is 4.98 Å². The van der Waals surface area contributed by atoms with Crippen LogP contribution in [0.5, 0.6) is 11.6 Å². The maximum absolute atomic E-state index is 11.4. The molecule has 0 bridgehead atoms. The summed E-state index contributed by atoms with van der Waals surface area (Å²) in [4.78, 5) is 17.8. The number of hydrogen-bond acceptors (Lipinski definition) is 4. The fourth-order valence-electron chi connectivity index (χ4n) is 1.54. The molecule has 0 amide bonds. The fourth-order valence-corrected chi connectivity index (χ4v) is 1.54. The van der Waals surface area contributed by atoms with Gasteiger partial charge in [0, 0.05) is 0 Å². The summed E-state index contributed by atoms with van der Waals surface area (Å²) in [7, 11) is 1.42. The molecule has 0 aliphatic rings. The van der Waals surface area contributed by atoms with E-state index in [1.807, 2.05) is 6.92 Å². The highest BCUT2D eigenvalue weighted by Gasteiger charge is 2.14. The van der Waals surface area contributed by atoms with E-state index in [1.165, 1.54) is 13.4 Å². The number of methoxy groups -OCH3 is 1. The number of aromatic amines is 1. The summed E-state index contributed by atoms with van der Waals surface area (Å²) in [5, 5.41) is 0. The normalized spacial score (nSPS) is 12.6. The van der Waals surface area contributed by atoms with Crippen molar-refractivity contribution in [3.05, 3.63) is 16.7 Å². The molecule has 1 rings (SSSR count). The molecule has 1 aromatic rings. The highest BCUT2D eigenvalue weighted by molar-refractivity contribution is 5.29. The number of rotatable bonds is 5. The molecule has 1 heterocycles. The van der Waals surface area contributed by atoms with Crippen LogP contribution in [0, 0.1) is 5.92 Å². The van der Waals surface area contributed by atoms with Crippen LogP contribution in [-0.4, -0.2) is 23.2 Å². The third-order valence-corrected chi connectivity index (χ3v) is 2.10. The predicted molar refractivity (Wildman–Crippen MR) is 61.0 cm³/mol. The molecular formula is C11H18N2O3. The van der Waals surface area contributed by atoms with Gasteiger partial charge < -0.3 is 14.5 Å². The van der Waals surface area contributed by atoms with Crippen molar-refractivity contribution in [1.82, 2.24) is 9.97 Å². The molecule has 1 atom stereocenters. The molecule has 0 aromatic carbocycles. The van der Waals surface area contributed by atoms with Gasteiger partial charge in [0.2, 0.25) is 5.75 Å². The van der Waals surface area contributed by atoms with E-state index in [-0.39, 0.29) is 23.3 Å². The van der Waals surface area contributed by atoms with Gasteiger partial charge in [0.05, 0.1) is 19.5 Å². The first-order chi connectivity index (χ1) is 7.54. The van der Waals surface area contributed by atoms with Crippen LogP contribution < -0.4 is 15.0 Å². The average molecular weight is 226 g/mol. The molecule has 5 heteroatoms. The lowest BCUT2D eigenvalue weighted by Gasteiger charge is -2.16. The smallest absolute Gasteiger partial charge is 0.297 e. The fraction of sp³-hybridized carbons (Fsp3) is 0.636. The zero-order valence-corrected chi connectivity index (χ0v) is 10.1. The second-order valence-corrected chi connectivity index (χ2v) is 4.13. The molecule has 16 heavy (non-hydrogen) atoms. The van der Waals surface area contributed by atoms with Crippen molar-refractivity contribution in [3.63, 3.8) is 0 Å². The second-order valence-electron chi connectivity index (χ2n) is 4.13. The Kier molecular flexibility index (Phi) is 4.34. The van der Waals surface area contributed by atoms with Gasteiger partial charge in [-0.05, 0) is 19.3 Å². The summed E-state index contributed by atoms with van der Waals surface area (Å²) >= 11 is 0. The third-order valence-electron chi connectivity index (χ3n) is 2.10. The summed E-state index contributed by atoms with van der Waals surface area (Å²) in [5.74, 6) is 0.903. The van der Waals surface area contributed by atoms with Crippen LogP contribution in [0.4, 0.5) is 0 Å². The van der Waals surface area contributed by atoms with Crippen molar-refractivity contribution >= 4 is 0 Å². The molecule has 1 N–H and O–H groups in total. The van der Waals surface area contributed by atoms with Gasteiger partial charge in [-0.15, -0.1) is 0 Å². The summed E-state index contributed by atoms with van der Waals surface area (Å²) in [6, 6.07) is 0. The predicted octanol–water partition coefficient (Wildman–Crippen LogP) is 1.59. The number of hydrogen-bond donors (Lipinski definition) is 1. The summed E-state index contributed by atoms with van der Waals surface area (Å²) in [6.45, 7) is 6.17. The Labute approximate surface area is 94.8 Å². The number of H-pyrrole nitrogens is 1. The van der Waals surface area contributed by atoms with Crippen molar-refractivity contribution < 1.29 is 9.47 Å². The minimum absolute atomic E-state index is 0.00296. The van der Waals surface area contributed by atoms with Crippen LogP contribution in [0.2, 0.25) is 0 Å². The number of aromatic nitrogens is 2. The summed E-state index contributed by atoms with van der Waals surface area (Å²) in [6.07, 6.45) is 2.21. The van der Waals surface area contributed by atoms with Crippen LogP contribution >= 0.6 is 0 Å². The Hall–Kier alpha value is -1.52. The van der Waals surface area contributed by atoms with E-state index >= 15 is 0 Å². The van der Waals surface area contributed by atoms with Gasteiger partial charge in [-0.1, -0.05) is 13.8 Å². The quantitative estimate of drug-likeness (QED) is 0.828. The Morgan fingerprint density at radius 3 is 2.69 bits per heavy atom. The van der Waals surface area contributed by atoms with Gasteiger partial charge in [0.1, 0.15) is 0 Å². The van der Waals surface area contributed by atoms with E-state index < -0.39 is 0 Å². The summed E-state index contributed by atoms with van der Waals surface area (Å²) in [5.41, 5.74) is -0.329. The first-order valence-corrected chi connectivity index (χ1v) is 5.33. The van der Waals surface area contributed by atoms with Crippen LogP contribution in [0.25, 0.3) is 0 Å². The first kappa shape index (κ1) is 12.5. The minimum atomic E-state index is -0.329. The lowest BCUT2D eigenvalue weighted by Crippen LogP contribution is -2.19. The molecule has 90 valence electrons. The van der Waals surface area contributed by atoms with Crippen molar-refractivity contribution in [3.8, 4) is 11.6 Å². The Morgan fingerprint density at radius 2 is 2.12 bits per heavy atom. The molecule has 5 nitrogen and oxygen atoms in total. The van der Waals surface area contributed by atoms with E-state index in [0.717, 1.165) is 6.42 Å². The molecule has 0 radical (unpaired) electrons. The molecule has 0 aliphatic carbocycles. The van der Waals surface area contributed by atoms with Gasteiger partial charge in [0.25, 0.3) is 11.4 Å². The van der Waals surface area contributed by atoms with E-state index in [0.29, 0.717) is 5.92 Å². The maximum atomic E-state index is 11.4. The van der Waals surface area contributed by atoms with E-state index in [1.54, 1.807) is 0 Å². The lowest BCUT2D eigenvalue weighted by molar-refractivity contribution is 0.176. The van der Waals surface area contributed by atoms with Crippen LogP contribution in [0.3, 0.4) is 0 Å². The molecule has 0 fully saturated rings. The van der Waals surface area contributed by atoms with Gasteiger partial charge >= 0.3 is 0 Å². The van der Waals surface area contributed by atoms with Crippen molar-refractivity contribution in [1.29, 1.82) is 0 Å². The lowest BCUT2D eigenvalue weighted by atomic mass is 10.1.